The highest BCUT2D eigenvalue weighted by Gasteiger charge is 2.27. The second kappa shape index (κ2) is 19.6. The number of ether oxygens (including phenoxy) is 6. The van der Waals surface area contributed by atoms with Crippen LogP contribution in [-0.2, 0) is 28.5 Å². The summed E-state index contributed by atoms with van der Waals surface area (Å²) in [6.45, 7) is 4.96. The van der Waals surface area contributed by atoms with Crippen LogP contribution >= 0.6 is 11.8 Å². The molecule has 13 nitrogen and oxygen atoms in total. The molecule has 2 heterocycles. The lowest BCUT2D eigenvalue weighted by Gasteiger charge is -2.21. The first-order chi connectivity index (χ1) is 19.4. The van der Waals surface area contributed by atoms with Gasteiger partial charge in [-0.05, 0) is 26.0 Å². The number of amides is 1. The Morgan fingerprint density at radius 1 is 1.07 bits per heavy atom. The average molecular weight is 588 g/mol. The molecule has 2 aliphatic heterocycles. The molecule has 226 valence electrons. The monoisotopic (exact) mass is 587 g/mol. The van der Waals surface area contributed by atoms with Gasteiger partial charge in [0, 0.05) is 29.4 Å². The number of nitro benzene ring substituents is 1. The predicted molar refractivity (Wildman–Crippen MR) is 149 cm³/mol. The lowest BCUT2D eigenvalue weighted by molar-refractivity contribution is -0.385. The average Bonchev–Trinajstić information content (AvgIpc) is 2.94. The van der Waals surface area contributed by atoms with Gasteiger partial charge < -0.3 is 39.5 Å². The van der Waals surface area contributed by atoms with Gasteiger partial charge in [-0.15, -0.1) is 0 Å². The Balaban J connectivity index is 2.20. The molecule has 0 aromatic heterocycles. The molecule has 0 spiro atoms. The van der Waals surface area contributed by atoms with E-state index in [4.69, 9.17) is 34.2 Å². The third-order valence-electron chi connectivity index (χ3n) is 5.89. The first-order valence-corrected chi connectivity index (χ1v) is 14.4. The topological polar surface area (TPSA) is 171 Å². The standard InChI is InChI=1S/C26H41N3O10S/c1-19-20-16-24(34-2)25(17-22(20)29(32)33)39-15-14-38-13-12-37-11-10-36-9-8-35-7-5-26(31)28-21(18-40-19)23(30)4-3-6-27/h16-17,19,21H,3-15,18,27H2,1-2H3,(H,28,31). The highest BCUT2D eigenvalue weighted by atomic mass is 32.2. The van der Waals surface area contributed by atoms with Gasteiger partial charge in [0.2, 0.25) is 5.91 Å². The van der Waals surface area contributed by atoms with Crippen LogP contribution in [0.4, 0.5) is 5.69 Å². The van der Waals surface area contributed by atoms with Crippen molar-refractivity contribution < 1.29 is 42.9 Å². The number of methoxy groups -OCH3 is 1. The van der Waals surface area contributed by atoms with Crippen molar-refractivity contribution >= 4 is 29.1 Å². The predicted octanol–water partition coefficient (Wildman–Crippen LogP) is 2.04. The van der Waals surface area contributed by atoms with E-state index in [-0.39, 0.29) is 61.5 Å². The van der Waals surface area contributed by atoms with Crippen LogP contribution in [0.25, 0.3) is 0 Å². The van der Waals surface area contributed by atoms with E-state index in [1.165, 1.54) is 24.9 Å². The van der Waals surface area contributed by atoms with Crippen molar-refractivity contribution in [2.45, 2.75) is 37.5 Å². The van der Waals surface area contributed by atoms with Crippen molar-refractivity contribution in [3.8, 4) is 11.5 Å². The number of fused-ring (bicyclic) bond motifs is 22. The smallest absolute Gasteiger partial charge is 0.277 e. The van der Waals surface area contributed by atoms with Crippen molar-refractivity contribution in [2.75, 3.05) is 78.9 Å². The molecule has 2 bridgehead atoms. The van der Waals surface area contributed by atoms with Crippen LogP contribution in [0.15, 0.2) is 12.1 Å². The van der Waals surface area contributed by atoms with Crippen molar-refractivity contribution in [1.29, 1.82) is 0 Å². The number of rotatable bonds is 6. The molecule has 0 fully saturated rings. The van der Waals surface area contributed by atoms with Crippen molar-refractivity contribution in [3.05, 3.63) is 27.8 Å². The molecule has 1 aromatic rings. The zero-order valence-electron chi connectivity index (χ0n) is 23.2. The summed E-state index contributed by atoms with van der Waals surface area (Å²) in [6, 6.07) is 2.14. The Morgan fingerprint density at radius 2 is 1.68 bits per heavy atom. The number of Topliss-reactive ketones (excluding diaryl/α,β-unsaturated/α-hetero) is 1. The van der Waals surface area contributed by atoms with Crippen LogP contribution in [0.2, 0.25) is 0 Å². The largest absolute Gasteiger partial charge is 0.493 e. The van der Waals surface area contributed by atoms with Crippen molar-refractivity contribution in [1.82, 2.24) is 5.32 Å². The molecule has 2 atom stereocenters. The molecule has 0 saturated heterocycles. The zero-order chi connectivity index (χ0) is 29.2. The molecular weight excluding hydrogens is 546 g/mol. The van der Waals surface area contributed by atoms with E-state index in [0.29, 0.717) is 63.9 Å². The number of nitrogens with zero attached hydrogens (tertiary/aromatic N) is 1. The summed E-state index contributed by atoms with van der Waals surface area (Å²) in [5, 5.41) is 14.3. The molecule has 14 heteroatoms. The van der Waals surface area contributed by atoms with Crippen LogP contribution in [0.5, 0.6) is 11.5 Å². The van der Waals surface area contributed by atoms with Crippen LogP contribution in [0.3, 0.4) is 0 Å². The molecule has 40 heavy (non-hydrogen) atoms. The number of hydrogen-bond acceptors (Lipinski definition) is 12. The Kier molecular flexibility index (Phi) is 16.5. The summed E-state index contributed by atoms with van der Waals surface area (Å²) in [5.41, 5.74) is 5.84. The number of carbonyl (C=O) groups is 2. The molecular formula is C26H41N3O10S. The van der Waals surface area contributed by atoms with E-state index in [0.717, 1.165) is 0 Å². The molecule has 1 aromatic carbocycles. The van der Waals surface area contributed by atoms with Crippen molar-refractivity contribution in [3.63, 3.8) is 0 Å². The summed E-state index contributed by atoms with van der Waals surface area (Å²) in [7, 11) is 1.45. The van der Waals surface area contributed by atoms with Crippen LogP contribution in [0, 0.1) is 10.1 Å². The Bertz CT molecular complexity index is 936. The van der Waals surface area contributed by atoms with Crippen LogP contribution in [-0.4, -0.2) is 102 Å². The first-order valence-electron chi connectivity index (χ1n) is 13.3. The second-order valence-electron chi connectivity index (χ2n) is 8.82. The number of carbonyl (C=O) groups excluding carboxylic acids is 2. The van der Waals surface area contributed by atoms with E-state index < -0.39 is 16.2 Å². The number of thioether (sulfide) groups is 1. The quantitative estimate of drug-likeness (QED) is 0.282. The highest BCUT2D eigenvalue weighted by molar-refractivity contribution is 7.99. The maximum atomic E-state index is 12.8. The fraction of sp³-hybridized carbons (Fsp3) is 0.692. The van der Waals surface area contributed by atoms with Crippen LogP contribution < -0.4 is 20.5 Å². The number of nitrogens with one attached hydrogen (secondary N) is 1. The van der Waals surface area contributed by atoms with Gasteiger partial charge in [0.15, 0.2) is 17.3 Å². The minimum atomic E-state index is -0.770. The Labute approximate surface area is 238 Å². The van der Waals surface area contributed by atoms with Gasteiger partial charge in [0.05, 0.1) is 77.0 Å². The number of ketones is 1. The molecule has 1 amide bonds. The first kappa shape index (κ1) is 33.7. The van der Waals surface area contributed by atoms with Gasteiger partial charge in [-0.1, -0.05) is 0 Å². The van der Waals surface area contributed by atoms with Gasteiger partial charge in [-0.25, -0.2) is 0 Å². The van der Waals surface area contributed by atoms with E-state index in [1.54, 1.807) is 13.0 Å². The SMILES string of the molecule is COc1cc2c([N+](=O)[O-])cc1OCCOCCOCCOCCOCCC(=O)NC(C(=O)CCCN)CSC2C. The van der Waals surface area contributed by atoms with Gasteiger partial charge in [0.1, 0.15) is 6.61 Å². The summed E-state index contributed by atoms with van der Waals surface area (Å²) in [5.74, 6) is 0.316. The van der Waals surface area contributed by atoms with E-state index >= 15 is 0 Å². The van der Waals surface area contributed by atoms with Gasteiger partial charge in [0.25, 0.3) is 5.69 Å². The Morgan fingerprint density at radius 3 is 2.25 bits per heavy atom. The minimum Gasteiger partial charge on any atom is -0.493 e. The van der Waals surface area contributed by atoms with E-state index in [2.05, 4.69) is 5.32 Å². The molecule has 2 unspecified atom stereocenters. The number of nitro groups is 1. The molecule has 3 rings (SSSR count). The fourth-order valence-electron chi connectivity index (χ4n) is 3.72. The molecule has 0 radical (unpaired) electrons. The minimum absolute atomic E-state index is 0.0775. The lowest BCUT2D eigenvalue weighted by atomic mass is 10.1. The summed E-state index contributed by atoms with van der Waals surface area (Å²) >= 11 is 1.32. The number of benzene rings is 1. The summed E-state index contributed by atoms with van der Waals surface area (Å²) in [6.07, 6.45) is 0.792. The number of hydrogen-bond donors (Lipinski definition) is 2. The maximum Gasteiger partial charge on any atom is 0.277 e. The highest BCUT2D eigenvalue weighted by Crippen LogP contribution is 2.41. The number of nitrogens with two attached hydrogens (primary N) is 1. The molecule has 2 aliphatic rings. The maximum absolute atomic E-state index is 12.8. The second-order valence-corrected chi connectivity index (χ2v) is 10.2. The van der Waals surface area contributed by atoms with Gasteiger partial charge >= 0.3 is 0 Å². The lowest BCUT2D eigenvalue weighted by Crippen LogP contribution is -2.43. The van der Waals surface area contributed by atoms with Crippen LogP contribution in [0.1, 0.15) is 37.0 Å². The molecule has 3 N–H and O–H groups in total. The normalized spacial score (nSPS) is 21.3. The third-order valence-corrected chi connectivity index (χ3v) is 7.17. The Hall–Kier alpha value is -2.49. The zero-order valence-corrected chi connectivity index (χ0v) is 24.0. The van der Waals surface area contributed by atoms with Crippen molar-refractivity contribution in [2.24, 2.45) is 5.73 Å². The molecule has 0 aliphatic carbocycles. The summed E-state index contributed by atoms with van der Waals surface area (Å²) < 4.78 is 33.0. The fourth-order valence-corrected chi connectivity index (χ4v) is 4.84. The summed E-state index contributed by atoms with van der Waals surface area (Å²) in [4.78, 5) is 36.9. The van der Waals surface area contributed by atoms with Gasteiger partial charge in [-0.3, -0.25) is 19.7 Å². The van der Waals surface area contributed by atoms with Gasteiger partial charge in [-0.2, -0.15) is 11.8 Å². The third kappa shape index (κ3) is 12.4. The van der Waals surface area contributed by atoms with E-state index in [9.17, 15) is 19.7 Å². The molecule has 0 saturated carbocycles. The van der Waals surface area contributed by atoms with E-state index in [1.807, 2.05) is 0 Å².